The van der Waals surface area contributed by atoms with Gasteiger partial charge in [-0.05, 0) is 46.5 Å². The Hall–Kier alpha value is -2.61. The lowest BCUT2D eigenvalue weighted by Crippen LogP contribution is -1.94. The molecule has 2 heteroatoms. The molecule has 0 radical (unpaired) electrons. The zero-order chi connectivity index (χ0) is 14.1. The van der Waals surface area contributed by atoms with Crippen LogP contribution >= 0.6 is 0 Å². The van der Waals surface area contributed by atoms with Gasteiger partial charge in [-0.3, -0.25) is 4.79 Å². The van der Waals surface area contributed by atoms with Crippen molar-refractivity contribution in [3.8, 4) is 16.9 Å². The van der Waals surface area contributed by atoms with Crippen LogP contribution in [0.5, 0.6) is 5.75 Å². The molecule has 0 aliphatic rings. The van der Waals surface area contributed by atoms with E-state index >= 15 is 0 Å². The molecular weight excluding hydrogens is 248 g/mol. The molecule has 3 aromatic carbocycles. The van der Waals surface area contributed by atoms with E-state index in [4.69, 9.17) is 0 Å². The Kier molecular flexibility index (Phi) is 2.99. The van der Waals surface area contributed by atoms with Gasteiger partial charge in [0.25, 0.3) is 0 Å². The smallest absolute Gasteiger partial charge is 0.220 e. The molecule has 0 fully saturated rings. The summed E-state index contributed by atoms with van der Waals surface area (Å²) in [5, 5.41) is 11.8. The molecule has 3 aromatic rings. The van der Waals surface area contributed by atoms with Crippen molar-refractivity contribution in [3.63, 3.8) is 0 Å². The van der Waals surface area contributed by atoms with Crippen molar-refractivity contribution in [2.24, 2.45) is 0 Å². The highest BCUT2D eigenvalue weighted by Gasteiger charge is 2.07. The number of fused-ring (bicyclic) bond motifs is 1. The molecule has 0 aromatic heterocycles. The second-order valence-corrected chi connectivity index (χ2v) is 4.85. The lowest BCUT2D eigenvalue weighted by Gasteiger charge is -2.07. The summed E-state index contributed by atoms with van der Waals surface area (Å²) in [6, 6.07) is 18.8. The molecule has 0 saturated carbocycles. The molecule has 3 rings (SSSR count). The molecule has 0 unspecified atom stereocenters. The molecule has 20 heavy (non-hydrogen) atoms. The van der Waals surface area contributed by atoms with Crippen LogP contribution in [0, 0.1) is 6.92 Å². The molecule has 0 aliphatic carbocycles. The topological polar surface area (TPSA) is 37.3 Å². The van der Waals surface area contributed by atoms with Crippen molar-refractivity contribution in [2.75, 3.05) is 0 Å². The molecule has 1 N–H and O–H groups in total. The summed E-state index contributed by atoms with van der Waals surface area (Å²) in [7, 11) is 0. The van der Waals surface area contributed by atoms with Gasteiger partial charge >= 0.3 is 0 Å². The summed E-state index contributed by atoms with van der Waals surface area (Å²) in [5.74, 6) is -0.223. The lowest BCUT2D eigenvalue weighted by atomic mass is 9.97. The maximum atomic E-state index is 11.9. The van der Waals surface area contributed by atoms with Crippen molar-refractivity contribution >= 4 is 10.8 Å². The predicted octanol–water partition coefficient (Wildman–Crippen LogP) is 3.88. The zero-order valence-corrected chi connectivity index (χ0v) is 11.1. The number of rotatable bonds is 1. The van der Waals surface area contributed by atoms with E-state index in [-0.39, 0.29) is 11.2 Å². The Morgan fingerprint density at radius 2 is 1.60 bits per heavy atom. The highest BCUT2D eigenvalue weighted by molar-refractivity contribution is 5.97. The predicted molar refractivity (Wildman–Crippen MR) is 82.1 cm³/mol. The Morgan fingerprint density at radius 1 is 0.850 bits per heavy atom. The SMILES string of the molecule is Cc1ccc(O)c(=O)cc1-c1cccc2ccccc12. The first kappa shape index (κ1) is 12.4. The monoisotopic (exact) mass is 262 g/mol. The van der Waals surface area contributed by atoms with Crippen LogP contribution in [0.15, 0.2) is 65.5 Å². The van der Waals surface area contributed by atoms with Crippen molar-refractivity contribution < 1.29 is 5.11 Å². The Labute approximate surface area is 117 Å². The van der Waals surface area contributed by atoms with Crippen LogP contribution in [0.4, 0.5) is 0 Å². The van der Waals surface area contributed by atoms with Gasteiger partial charge in [-0.15, -0.1) is 0 Å². The number of benzene rings is 2. The number of hydrogen-bond donors (Lipinski definition) is 1. The van der Waals surface area contributed by atoms with E-state index in [0.717, 1.165) is 27.5 Å². The molecule has 0 bridgehead atoms. The van der Waals surface area contributed by atoms with Gasteiger partial charge in [-0.25, -0.2) is 0 Å². The van der Waals surface area contributed by atoms with E-state index in [2.05, 4.69) is 0 Å². The van der Waals surface area contributed by atoms with Gasteiger partial charge in [-0.1, -0.05) is 48.5 Å². The summed E-state index contributed by atoms with van der Waals surface area (Å²) in [6.07, 6.45) is 0. The Balaban J connectivity index is 2.41. The minimum atomic E-state index is -0.360. The first-order chi connectivity index (χ1) is 9.66. The van der Waals surface area contributed by atoms with Crippen molar-refractivity contribution in [1.82, 2.24) is 0 Å². The molecule has 0 spiro atoms. The van der Waals surface area contributed by atoms with E-state index in [1.165, 1.54) is 12.1 Å². The quantitative estimate of drug-likeness (QED) is 0.722. The number of hydrogen-bond acceptors (Lipinski definition) is 2. The van der Waals surface area contributed by atoms with Crippen LogP contribution in [-0.2, 0) is 0 Å². The van der Waals surface area contributed by atoms with Gasteiger partial charge in [-0.2, -0.15) is 0 Å². The van der Waals surface area contributed by atoms with Gasteiger partial charge in [0.15, 0.2) is 5.75 Å². The van der Waals surface area contributed by atoms with E-state index in [1.807, 2.05) is 49.4 Å². The van der Waals surface area contributed by atoms with Crippen LogP contribution in [-0.4, -0.2) is 5.11 Å². The van der Waals surface area contributed by atoms with Crippen molar-refractivity contribution in [3.05, 3.63) is 76.5 Å². The third kappa shape index (κ3) is 2.05. The van der Waals surface area contributed by atoms with Crippen LogP contribution in [0.1, 0.15) is 5.56 Å². The fraction of sp³-hybridized carbons (Fsp3) is 0.0556. The second-order valence-electron chi connectivity index (χ2n) is 4.85. The summed E-state index contributed by atoms with van der Waals surface area (Å²) in [4.78, 5) is 11.9. The average molecular weight is 262 g/mol. The minimum absolute atomic E-state index is 0.223. The minimum Gasteiger partial charge on any atom is -0.504 e. The van der Waals surface area contributed by atoms with Gasteiger partial charge in [0.1, 0.15) is 0 Å². The molecule has 0 amide bonds. The fourth-order valence-corrected chi connectivity index (χ4v) is 2.45. The third-order valence-electron chi connectivity index (χ3n) is 3.52. The van der Waals surface area contributed by atoms with E-state index < -0.39 is 0 Å². The summed E-state index contributed by atoms with van der Waals surface area (Å²) in [6.45, 7) is 1.94. The van der Waals surface area contributed by atoms with E-state index in [9.17, 15) is 9.90 Å². The van der Waals surface area contributed by atoms with E-state index in [0.29, 0.717) is 0 Å². The van der Waals surface area contributed by atoms with Crippen LogP contribution < -0.4 is 5.43 Å². The lowest BCUT2D eigenvalue weighted by molar-refractivity contribution is 0.471. The second kappa shape index (κ2) is 4.82. The first-order valence-electron chi connectivity index (χ1n) is 6.49. The zero-order valence-electron chi connectivity index (χ0n) is 11.1. The van der Waals surface area contributed by atoms with E-state index in [1.54, 1.807) is 6.07 Å². The summed E-state index contributed by atoms with van der Waals surface area (Å²) < 4.78 is 0. The largest absolute Gasteiger partial charge is 0.504 e. The van der Waals surface area contributed by atoms with Crippen LogP contribution in [0.2, 0.25) is 0 Å². The normalized spacial score (nSPS) is 10.7. The Morgan fingerprint density at radius 3 is 2.45 bits per heavy atom. The molecule has 0 saturated heterocycles. The van der Waals surface area contributed by atoms with Crippen molar-refractivity contribution in [2.45, 2.75) is 6.92 Å². The van der Waals surface area contributed by atoms with Gasteiger partial charge in [0.2, 0.25) is 5.43 Å². The van der Waals surface area contributed by atoms with Gasteiger partial charge in [0, 0.05) is 0 Å². The summed E-state index contributed by atoms with van der Waals surface area (Å²) in [5.41, 5.74) is 2.46. The molecular formula is C18H14O2. The molecule has 0 heterocycles. The third-order valence-corrected chi connectivity index (χ3v) is 3.52. The first-order valence-corrected chi connectivity index (χ1v) is 6.49. The molecule has 0 aliphatic heterocycles. The number of aryl methyl sites for hydroxylation is 1. The van der Waals surface area contributed by atoms with Crippen LogP contribution in [0.3, 0.4) is 0 Å². The molecule has 0 atom stereocenters. The van der Waals surface area contributed by atoms with Gasteiger partial charge in [0.05, 0.1) is 0 Å². The number of aromatic hydroxyl groups is 1. The summed E-state index contributed by atoms with van der Waals surface area (Å²) >= 11 is 0. The standard InChI is InChI=1S/C18H14O2/c1-12-9-10-17(19)18(20)11-16(12)15-8-4-6-13-5-2-3-7-14(13)15/h2-11H,1H3,(H,19,20). The maximum absolute atomic E-state index is 11.9. The van der Waals surface area contributed by atoms with Crippen molar-refractivity contribution in [1.29, 1.82) is 0 Å². The fourth-order valence-electron chi connectivity index (χ4n) is 2.45. The molecule has 98 valence electrons. The van der Waals surface area contributed by atoms with Gasteiger partial charge < -0.3 is 5.11 Å². The highest BCUT2D eigenvalue weighted by Crippen LogP contribution is 2.29. The molecule has 2 nitrogen and oxygen atoms in total. The van der Waals surface area contributed by atoms with Crippen LogP contribution in [0.25, 0.3) is 21.9 Å². The average Bonchev–Trinajstić information content (AvgIpc) is 2.60. The maximum Gasteiger partial charge on any atom is 0.220 e. The highest BCUT2D eigenvalue weighted by atomic mass is 16.3. The Bertz CT molecular complexity index is 846.